The number of imide groups is 1. The van der Waals surface area contributed by atoms with Crippen molar-refractivity contribution in [2.24, 2.45) is 11.7 Å². The maximum atomic E-state index is 12.7. The number of nitrogens with one attached hydrogen (secondary N) is 2. The number of nitrogens with two attached hydrogens (primary N) is 1. The van der Waals surface area contributed by atoms with Crippen LogP contribution in [0.5, 0.6) is 0 Å². The third kappa shape index (κ3) is 6.73. The lowest BCUT2D eigenvalue weighted by Crippen LogP contribution is -2.45. The summed E-state index contributed by atoms with van der Waals surface area (Å²) in [5.74, 6) is -4.52. The number of carbonyl (C=O) groups is 3. The summed E-state index contributed by atoms with van der Waals surface area (Å²) in [6.45, 7) is 3.31. The van der Waals surface area contributed by atoms with Gasteiger partial charge >= 0.3 is 12.0 Å². The minimum atomic E-state index is -2.51. The Morgan fingerprint density at radius 2 is 1.67 bits per heavy atom. The Labute approximate surface area is 176 Å². The van der Waals surface area contributed by atoms with Gasteiger partial charge in [0.15, 0.2) is 6.10 Å². The van der Waals surface area contributed by atoms with Crippen molar-refractivity contribution in [3.63, 3.8) is 0 Å². The molecule has 0 fully saturated rings. The zero-order chi connectivity index (χ0) is 22.3. The van der Waals surface area contributed by atoms with E-state index in [1.54, 1.807) is 44.2 Å². The van der Waals surface area contributed by atoms with E-state index in [0.717, 1.165) is 0 Å². The Kier molecular flexibility index (Phi) is 8.16. The van der Waals surface area contributed by atoms with Gasteiger partial charge in [0.1, 0.15) is 0 Å². The molecule has 0 spiro atoms. The van der Waals surface area contributed by atoms with Crippen molar-refractivity contribution < 1.29 is 27.9 Å². The van der Waals surface area contributed by atoms with Crippen molar-refractivity contribution in [1.29, 1.82) is 0 Å². The molecule has 2 aromatic carbocycles. The van der Waals surface area contributed by atoms with E-state index in [4.69, 9.17) is 10.5 Å². The molecule has 0 bridgehead atoms. The number of hydrogen-bond acceptors (Lipinski definition) is 6. The topological polar surface area (TPSA) is 111 Å². The molecule has 7 nitrogen and oxygen atoms in total. The average Bonchev–Trinajstić information content (AvgIpc) is 2.66. The summed E-state index contributed by atoms with van der Waals surface area (Å²) in [4.78, 5) is 36.1. The van der Waals surface area contributed by atoms with Crippen molar-refractivity contribution in [3.05, 3.63) is 54.1 Å². The van der Waals surface area contributed by atoms with Gasteiger partial charge in [0, 0.05) is 10.6 Å². The maximum Gasteiger partial charge on any atom is 0.341 e. The number of urea groups is 1. The molecule has 0 aliphatic rings. The van der Waals surface area contributed by atoms with Crippen LogP contribution in [0.2, 0.25) is 0 Å². The standard InChI is InChI=1S/C20H21F2N3O4S/c1-11(2)16(17(26)25-20(23)28)29-18(27)14-5-3-4-6-15(14)24-12-7-9-13(10-8-12)30-19(21)22/h3-11,16,19,24H,1-2H3,(H3,23,25,26,28). The number of alkyl halides is 2. The monoisotopic (exact) mass is 437 g/mol. The van der Waals surface area contributed by atoms with Gasteiger partial charge in [-0.3, -0.25) is 10.1 Å². The number of para-hydroxylation sites is 1. The van der Waals surface area contributed by atoms with E-state index in [2.05, 4.69) is 5.32 Å². The highest BCUT2D eigenvalue weighted by Gasteiger charge is 2.28. The number of primary amides is 1. The second kappa shape index (κ2) is 10.6. The quantitative estimate of drug-likeness (QED) is 0.423. The first-order chi connectivity index (χ1) is 14.2. The van der Waals surface area contributed by atoms with Crippen LogP contribution in [0.1, 0.15) is 24.2 Å². The Morgan fingerprint density at radius 1 is 1.03 bits per heavy atom. The molecule has 3 amide bonds. The Balaban J connectivity index is 2.17. The summed E-state index contributed by atoms with van der Waals surface area (Å²) >= 11 is 0.432. The minimum Gasteiger partial charge on any atom is -0.448 e. The average molecular weight is 437 g/mol. The molecule has 4 N–H and O–H groups in total. The van der Waals surface area contributed by atoms with Crippen LogP contribution in [0.3, 0.4) is 0 Å². The number of esters is 1. The van der Waals surface area contributed by atoms with Crippen molar-refractivity contribution >= 4 is 41.0 Å². The van der Waals surface area contributed by atoms with Crippen molar-refractivity contribution in [2.75, 3.05) is 5.32 Å². The van der Waals surface area contributed by atoms with E-state index in [9.17, 15) is 23.2 Å². The number of ether oxygens (including phenoxy) is 1. The number of rotatable bonds is 8. The van der Waals surface area contributed by atoms with Gasteiger partial charge in [-0.2, -0.15) is 8.78 Å². The Bertz CT molecular complexity index is 907. The zero-order valence-corrected chi connectivity index (χ0v) is 17.0. The van der Waals surface area contributed by atoms with E-state index in [1.165, 1.54) is 18.2 Å². The molecule has 2 aromatic rings. The smallest absolute Gasteiger partial charge is 0.341 e. The number of amides is 3. The molecule has 10 heteroatoms. The number of thioether (sulfide) groups is 1. The molecule has 0 saturated heterocycles. The van der Waals surface area contributed by atoms with Gasteiger partial charge in [-0.1, -0.05) is 37.7 Å². The lowest BCUT2D eigenvalue weighted by Gasteiger charge is -2.20. The van der Waals surface area contributed by atoms with Crippen LogP contribution in [-0.4, -0.2) is 29.8 Å². The molecule has 0 aliphatic carbocycles. The summed E-state index contributed by atoms with van der Waals surface area (Å²) in [5.41, 5.74) is 6.08. The fourth-order valence-electron chi connectivity index (χ4n) is 2.51. The van der Waals surface area contributed by atoms with E-state index in [1.807, 2.05) is 5.32 Å². The normalized spacial score (nSPS) is 11.8. The Morgan fingerprint density at radius 3 is 2.23 bits per heavy atom. The lowest BCUT2D eigenvalue weighted by atomic mass is 10.1. The number of halogens is 2. The highest BCUT2D eigenvalue weighted by atomic mass is 32.2. The highest BCUT2D eigenvalue weighted by molar-refractivity contribution is 7.99. The van der Waals surface area contributed by atoms with Crippen LogP contribution in [-0.2, 0) is 9.53 Å². The fourth-order valence-corrected chi connectivity index (χ4v) is 3.01. The third-order valence-electron chi connectivity index (χ3n) is 3.85. The van der Waals surface area contributed by atoms with Crippen LogP contribution in [0.4, 0.5) is 25.0 Å². The molecule has 0 saturated carbocycles. The summed E-state index contributed by atoms with van der Waals surface area (Å²) in [6, 6.07) is 11.7. The third-order valence-corrected chi connectivity index (χ3v) is 4.57. The second-order valence-corrected chi connectivity index (χ2v) is 7.56. The van der Waals surface area contributed by atoms with Crippen molar-refractivity contribution in [2.45, 2.75) is 30.6 Å². The molecule has 30 heavy (non-hydrogen) atoms. The predicted molar refractivity (Wildman–Crippen MR) is 110 cm³/mol. The van der Waals surface area contributed by atoms with Gasteiger partial charge in [-0.15, -0.1) is 0 Å². The summed E-state index contributed by atoms with van der Waals surface area (Å²) in [5, 5.41) is 4.93. The van der Waals surface area contributed by atoms with E-state index in [0.29, 0.717) is 28.0 Å². The van der Waals surface area contributed by atoms with E-state index >= 15 is 0 Å². The van der Waals surface area contributed by atoms with Gasteiger partial charge in [-0.05, 0) is 42.3 Å². The second-order valence-electron chi connectivity index (χ2n) is 6.50. The maximum absolute atomic E-state index is 12.7. The molecule has 2 rings (SSSR count). The molecular formula is C20H21F2N3O4S. The molecular weight excluding hydrogens is 416 g/mol. The SMILES string of the molecule is CC(C)C(OC(=O)c1ccccc1Nc1ccc(SC(F)F)cc1)C(=O)NC(N)=O. The molecule has 1 unspecified atom stereocenters. The largest absolute Gasteiger partial charge is 0.448 e. The van der Waals surface area contributed by atoms with Crippen molar-refractivity contribution in [3.8, 4) is 0 Å². The lowest BCUT2D eigenvalue weighted by molar-refractivity contribution is -0.130. The molecule has 160 valence electrons. The van der Waals surface area contributed by atoms with Gasteiger partial charge in [0.2, 0.25) is 0 Å². The summed E-state index contributed by atoms with van der Waals surface area (Å²) in [7, 11) is 0. The fraction of sp³-hybridized carbons (Fsp3) is 0.250. The number of benzene rings is 2. The first-order valence-corrected chi connectivity index (χ1v) is 9.77. The number of anilines is 2. The summed E-state index contributed by atoms with van der Waals surface area (Å²) in [6.07, 6.45) is -1.22. The predicted octanol–water partition coefficient (Wildman–Crippen LogP) is 4.12. The Hall–Kier alpha value is -3.14. The van der Waals surface area contributed by atoms with Crippen molar-refractivity contribution in [1.82, 2.24) is 5.32 Å². The van der Waals surface area contributed by atoms with Crippen LogP contribution < -0.4 is 16.4 Å². The molecule has 1 atom stereocenters. The van der Waals surface area contributed by atoms with E-state index < -0.39 is 35.7 Å². The number of carbonyl (C=O) groups excluding carboxylic acids is 3. The first kappa shape index (κ1) is 23.1. The van der Waals surface area contributed by atoms with Gasteiger partial charge in [0.25, 0.3) is 11.7 Å². The number of hydrogen-bond donors (Lipinski definition) is 3. The van der Waals surface area contributed by atoms with Crippen LogP contribution >= 0.6 is 11.8 Å². The van der Waals surface area contributed by atoms with Crippen LogP contribution in [0.25, 0.3) is 0 Å². The van der Waals surface area contributed by atoms with Crippen LogP contribution in [0.15, 0.2) is 53.4 Å². The first-order valence-electron chi connectivity index (χ1n) is 8.89. The van der Waals surface area contributed by atoms with Gasteiger partial charge < -0.3 is 15.8 Å². The zero-order valence-electron chi connectivity index (χ0n) is 16.2. The van der Waals surface area contributed by atoms with E-state index in [-0.39, 0.29) is 5.56 Å². The molecule has 0 aliphatic heterocycles. The highest BCUT2D eigenvalue weighted by Crippen LogP contribution is 2.28. The molecule has 0 aromatic heterocycles. The summed E-state index contributed by atoms with van der Waals surface area (Å²) < 4.78 is 30.2. The van der Waals surface area contributed by atoms with Gasteiger partial charge in [0.05, 0.1) is 11.3 Å². The van der Waals surface area contributed by atoms with Crippen LogP contribution in [0, 0.1) is 5.92 Å². The van der Waals surface area contributed by atoms with Gasteiger partial charge in [-0.25, -0.2) is 9.59 Å². The minimum absolute atomic E-state index is 0.154. The molecule has 0 heterocycles. The molecule has 0 radical (unpaired) electrons.